The number of hydrogen-bond donors (Lipinski definition) is 1. The predicted octanol–water partition coefficient (Wildman–Crippen LogP) is 3.76. The normalized spacial score (nSPS) is 12.6. The van der Waals surface area contributed by atoms with Crippen molar-refractivity contribution in [3.05, 3.63) is 40.4 Å². The maximum atomic E-state index is 11.2. The second-order valence-electron chi connectivity index (χ2n) is 4.80. The van der Waals surface area contributed by atoms with Gasteiger partial charge in [0, 0.05) is 17.5 Å². The number of carboxylic acids is 1. The molecule has 0 amide bonds. The second kappa shape index (κ2) is 7.02. The predicted molar refractivity (Wildman–Crippen MR) is 85.7 cm³/mol. The minimum atomic E-state index is -0.804. The van der Waals surface area contributed by atoms with Crippen LogP contribution < -0.4 is 0 Å². The highest BCUT2D eigenvalue weighted by atomic mass is 35.5. The van der Waals surface area contributed by atoms with Crippen LogP contribution in [0.15, 0.2) is 29.6 Å². The molecule has 1 unspecified atom stereocenters. The summed E-state index contributed by atoms with van der Waals surface area (Å²) < 4.78 is 0. The third kappa shape index (κ3) is 3.81. The summed E-state index contributed by atoms with van der Waals surface area (Å²) in [6, 6.07) is 7.08. The fourth-order valence-corrected chi connectivity index (χ4v) is 3.31. The number of likely N-dealkylation sites (N-methyl/N-ethyl adjacent to an activating group) is 1. The largest absolute Gasteiger partial charge is 0.480 e. The average molecular weight is 325 g/mol. The number of nitrogens with zero attached hydrogens (tertiary/aromatic N) is 2. The van der Waals surface area contributed by atoms with E-state index in [4.69, 9.17) is 16.7 Å². The first-order chi connectivity index (χ1) is 10.0. The highest BCUT2D eigenvalue weighted by Crippen LogP contribution is 2.30. The SMILES string of the molecule is CCC(C(=O)O)N(C)Cc1csc(-c2ccccc2Cl)n1. The molecule has 2 rings (SSSR count). The van der Waals surface area contributed by atoms with E-state index >= 15 is 0 Å². The van der Waals surface area contributed by atoms with Crippen LogP contribution in [0.2, 0.25) is 5.02 Å². The molecule has 112 valence electrons. The zero-order chi connectivity index (χ0) is 15.4. The van der Waals surface area contributed by atoms with Crippen LogP contribution in [-0.2, 0) is 11.3 Å². The van der Waals surface area contributed by atoms with Gasteiger partial charge in [-0.05, 0) is 19.5 Å². The van der Waals surface area contributed by atoms with E-state index in [0.29, 0.717) is 18.0 Å². The van der Waals surface area contributed by atoms with E-state index < -0.39 is 12.0 Å². The van der Waals surface area contributed by atoms with Crippen LogP contribution in [-0.4, -0.2) is 34.0 Å². The van der Waals surface area contributed by atoms with Crippen LogP contribution in [0.25, 0.3) is 10.6 Å². The van der Waals surface area contributed by atoms with Gasteiger partial charge in [-0.3, -0.25) is 9.69 Å². The number of benzene rings is 1. The van der Waals surface area contributed by atoms with Gasteiger partial charge in [0.1, 0.15) is 11.0 Å². The Morgan fingerprint density at radius 2 is 2.19 bits per heavy atom. The molecular weight excluding hydrogens is 308 g/mol. The monoisotopic (exact) mass is 324 g/mol. The first kappa shape index (κ1) is 15.9. The van der Waals surface area contributed by atoms with Crippen LogP contribution in [0.1, 0.15) is 19.0 Å². The van der Waals surface area contributed by atoms with Gasteiger partial charge in [0.05, 0.1) is 10.7 Å². The van der Waals surface area contributed by atoms with Gasteiger partial charge in [-0.15, -0.1) is 11.3 Å². The minimum absolute atomic E-state index is 0.490. The van der Waals surface area contributed by atoms with Gasteiger partial charge in [0.15, 0.2) is 0 Å². The highest BCUT2D eigenvalue weighted by molar-refractivity contribution is 7.13. The van der Waals surface area contributed by atoms with E-state index in [9.17, 15) is 4.79 Å². The smallest absolute Gasteiger partial charge is 0.320 e. The number of carbonyl (C=O) groups is 1. The Labute approximate surface area is 133 Å². The Morgan fingerprint density at radius 1 is 1.48 bits per heavy atom. The van der Waals surface area contributed by atoms with Gasteiger partial charge in [-0.25, -0.2) is 4.98 Å². The van der Waals surface area contributed by atoms with Crippen molar-refractivity contribution in [2.45, 2.75) is 25.9 Å². The van der Waals surface area contributed by atoms with Crippen molar-refractivity contribution in [2.75, 3.05) is 7.05 Å². The maximum Gasteiger partial charge on any atom is 0.320 e. The van der Waals surface area contributed by atoms with E-state index in [1.807, 2.05) is 36.6 Å². The van der Waals surface area contributed by atoms with Crippen LogP contribution in [0, 0.1) is 0 Å². The minimum Gasteiger partial charge on any atom is -0.480 e. The molecule has 1 atom stereocenters. The molecule has 2 aromatic rings. The first-order valence-electron chi connectivity index (χ1n) is 6.65. The summed E-state index contributed by atoms with van der Waals surface area (Å²) in [5.74, 6) is -0.804. The van der Waals surface area contributed by atoms with Crippen LogP contribution in [0.3, 0.4) is 0 Å². The first-order valence-corrected chi connectivity index (χ1v) is 7.91. The molecular formula is C15H17ClN2O2S. The summed E-state index contributed by atoms with van der Waals surface area (Å²) in [6.45, 7) is 2.37. The van der Waals surface area contributed by atoms with Crippen molar-refractivity contribution >= 4 is 28.9 Å². The van der Waals surface area contributed by atoms with Crippen LogP contribution in [0.4, 0.5) is 0 Å². The van der Waals surface area contributed by atoms with Gasteiger partial charge in [0.2, 0.25) is 0 Å². The van der Waals surface area contributed by atoms with E-state index in [1.165, 1.54) is 11.3 Å². The van der Waals surface area contributed by atoms with Crippen LogP contribution >= 0.6 is 22.9 Å². The Morgan fingerprint density at radius 3 is 2.81 bits per heavy atom. The lowest BCUT2D eigenvalue weighted by molar-refractivity contribution is -0.143. The van der Waals surface area contributed by atoms with Crippen molar-refractivity contribution in [3.63, 3.8) is 0 Å². The number of hydrogen-bond acceptors (Lipinski definition) is 4. The van der Waals surface area contributed by atoms with Gasteiger partial charge in [-0.1, -0.05) is 36.7 Å². The summed E-state index contributed by atoms with van der Waals surface area (Å²) in [5.41, 5.74) is 1.76. The van der Waals surface area contributed by atoms with E-state index in [1.54, 1.807) is 11.9 Å². The number of rotatable bonds is 6. The van der Waals surface area contributed by atoms with Gasteiger partial charge in [-0.2, -0.15) is 0 Å². The van der Waals surface area contributed by atoms with Crippen molar-refractivity contribution < 1.29 is 9.90 Å². The molecule has 0 aliphatic rings. The summed E-state index contributed by atoms with van der Waals surface area (Å²) in [4.78, 5) is 17.5. The number of carboxylic acid groups (broad SMARTS) is 1. The Hall–Kier alpha value is -1.43. The fraction of sp³-hybridized carbons (Fsp3) is 0.333. The lowest BCUT2D eigenvalue weighted by Crippen LogP contribution is -2.37. The quantitative estimate of drug-likeness (QED) is 0.879. The third-order valence-electron chi connectivity index (χ3n) is 3.27. The van der Waals surface area contributed by atoms with Crippen molar-refractivity contribution in [2.24, 2.45) is 0 Å². The molecule has 0 fully saturated rings. The molecule has 0 aliphatic heterocycles. The Kier molecular flexibility index (Phi) is 5.33. The second-order valence-corrected chi connectivity index (χ2v) is 6.07. The van der Waals surface area contributed by atoms with E-state index in [2.05, 4.69) is 4.98 Å². The standard InChI is InChI=1S/C15H17ClN2O2S/c1-3-13(15(19)20)18(2)8-10-9-21-14(17-10)11-6-4-5-7-12(11)16/h4-7,9,13H,3,8H2,1-2H3,(H,19,20). The molecule has 21 heavy (non-hydrogen) atoms. The van der Waals surface area contributed by atoms with Crippen molar-refractivity contribution in [3.8, 4) is 10.6 Å². The van der Waals surface area contributed by atoms with E-state index in [0.717, 1.165) is 16.3 Å². The molecule has 1 heterocycles. The number of aromatic nitrogens is 1. The summed E-state index contributed by atoms with van der Waals surface area (Å²) >= 11 is 7.68. The number of aliphatic carboxylic acids is 1. The van der Waals surface area contributed by atoms with Gasteiger partial charge in [0.25, 0.3) is 0 Å². The van der Waals surface area contributed by atoms with Gasteiger partial charge >= 0.3 is 5.97 Å². The van der Waals surface area contributed by atoms with Gasteiger partial charge < -0.3 is 5.11 Å². The lowest BCUT2D eigenvalue weighted by atomic mass is 10.2. The zero-order valence-corrected chi connectivity index (χ0v) is 13.5. The third-order valence-corrected chi connectivity index (χ3v) is 4.53. The zero-order valence-electron chi connectivity index (χ0n) is 11.9. The molecule has 1 aromatic carbocycles. The van der Waals surface area contributed by atoms with Crippen molar-refractivity contribution in [1.82, 2.24) is 9.88 Å². The summed E-state index contributed by atoms with van der Waals surface area (Å²) in [7, 11) is 1.80. The molecule has 1 aromatic heterocycles. The number of halogens is 1. The fourth-order valence-electron chi connectivity index (χ4n) is 2.18. The highest BCUT2D eigenvalue weighted by Gasteiger charge is 2.21. The molecule has 0 bridgehead atoms. The molecule has 4 nitrogen and oxygen atoms in total. The maximum absolute atomic E-state index is 11.2. The average Bonchev–Trinajstić information content (AvgIpc) is 2.87. The Bertz CT molecular complexity index is 630. The molecule has 0 spiro atoms. The Balaban J connectivity index is 2.14. The molecule has 6 heteroatoms. The van der Waals surface area contributed by atoms with Crippen molar-refractivity contribution in [1.29, 1.82) is 0 Å². The number of thiazole rings is 1. The summed E-state index contributed by atoms with van der Waals surface area (Å²) in [5, 5.41) is 12.6. The van der Waals surface area contributed by atoms with Crippen LogP contribution in [0.5, 0.6) is 0 Å². The topological polar surface area (TPSA) is 53.4 Å². The molecule has 0 saturated heterocycles. The molecule has 0 saturated carbocycles. The molecule has 0 aliphatic carbocycles. The molecule has 1 N–H and O–H groups in total. The summed E-state index contributed by atoms with van der Waals surface area (Å²) in [6.07, 6.45) is 0.563. The molecule has 0 radical (unpaired) electrons. The lowest BCUT2D eigenvalue weighted by Gasteiger charge is -2.22. The van der Waals surface area contributed by atoms with E-state index in [-0.39, 0.29) is 0 Å².